The van der Waals surface area contributed by atoms with Crippen LogP contribution in [0.5, 0.6) is 0 Å². The van der Waals surface area contributed by atoms with Gasteiger partial charge in [-0.3, -0.25) is 9.79 Å². The summed E-state index contributed by atoms with van der Waals surface area (Å²) in [6.45, 7) is 9.98. The van der Waals surface area contributed by atoms with E-state index < -0.39 is 0 Å². The Morgan fingerprint density at radius 2 is 1.81 bits per heavy atom. The van der Waals surface area contributed by atoms with Gasteiger partial charge >= 0.3 is 0 Å². The van der Waals surface area contributed by atoms with Crippen LogP contribution in [-0.4, -0.2) is 25.5 Å². The van der Waals surface area contributed by atoms with Crippen molar-refractivity contribution in [2.24, 2.45) is 16.8 Å². The van der Waals surface area contributed by atoms with Crippen molar-refractivity contribution in [2.75, 3.05) is 18.9 Å². The Balaban J connectivity index is 0.00000625. The maximum Gasteiger partial charge on any atom is 0.227 e. The van der Waals surface area contributed by atoms with E-state index in [-0.39, 0.29) is 35.8 Å². The van der Waals surface area contributed by atoms with Crippen molar-refractivity contribution in [1.29, 1.82) is 0 Å². The van der Waals surface area contributed by atoms with Crippen LogP contribution in [0.4, 0.5) is 5.69 Å². The summed E-state index contributed by atoms with van der Waals surface area (Å²) in [7, 11) is 1.78. The average molecular weight is 474 g/mol. The highest BCUT2D eigenvalue weighted by atomic mass is 127. The molecule has 0 saturated heterocycles. The molecule has 0 fully saturated rings. The summed E-state index contributed by atoms with van der Waals surface area (Å²) in [6.07, 6.45) is 3.17. The Hall–Kier alpha value is -1.31. The summed E-state index contributed by atoms with van der Waals surface area (Å²) >= 11 is 0. The van der Waals surface area contributed by atoms with Crippen LogP contribution >= 0.6 is 24.0 Å². The maximum absolute atomic E-state index is 12.0. The molecule has 1 unspecified atom stereocenters. The molecule has 3 N–H and O–H groups in total. The molecule has 0 aliphatic heterocycles. The number of rotatable bonds is 9. The van der Waals surface area contributed by atoms with Crippen molar-refractivity contribution in [3.8, 4) is 0 Å². The molecule has 0 aliphatic carbocycles. The lowest BCUT2D eigenvalue weighted by atomic mass is 10.0. The molecular formula is C20H35IN4O. The second-order valence-corrected chi connectivity index (χ2v) is 6.49. The number of nitrogens with zero attached hydrogens (tertiary/aromatic N) is 1. The van der Waals surface area contributed by atoms with Crippen molar-refractivity contribution >= 4 is 41.5 Å². The van der Waals surface area contributed by atoms with Crippen molar-refractivity contribution < 1.29 is 4.79 Å². The van der Waals surface area contributed by atoms with Crippen molar-refractivity contribution in [3.05, 3.63) is 29.8 Å². The number of anilines is 1. The van der Waals surface area contributed by atoms with Gasteiger partial charge in [-0.1, -0.05) is 52.7 Å². The fraction of sp³-hybridized carbons (Fsp3) is 0.600. The lowest BCUT2D eigenvalue weighted by molar-refractivity contribution is -0.119. The van der Waals surface area contributed by atoms with Crippen molar-refractivity contribution in [1.82, 2.24) is 10.6 Å². The zero-order valence-corrected chi connectivity index (χ0v) is 19.1. The molecule has 0 aromatic heterocycles. The van der Waals surface area contributed by atoms with Gasteiger partial charge < -0.3 is 16.0 Å². The molecule has 0 heterocycles. The number of nitrogens with one attached hydrogen (secondary N) is 3. The van der Waals surface area contributed by atoms with Crippen LogP contribution in [-0.2, 0) is 11.3 Å². The van der Waals surface area contributed by atoms with E-state index >= 15 is 0 Å². The van der Waals surface area contributed by atoms with Gasteiger partial charge in [-0.15, -0.1) is 24.0 Å². The molecule has 1 aromatic carbocycles. The van der Waals surface area contributed by atoms with E-state index in [1.807, 2.05) is 38.1 Å². The highest BCUT2D eigenvalue weighted by molar-refractivity contribution is 14.0. The number of carbonyl (C=O) groups is 1. The summed E-state index contributed by atoms with van der Waals surface area (Å²) in [5.74, 6) is 1.56. The molecular weight excluding hydrogens is 439 g/mol. The first kappa shape index (κ1) is 24.7. The molecule has 6 heteroatoms. The minimum Gasteiger partial charge on any atom is -0.356 e. The lowest BCUT2D eigenvalue weighted by Crippen LogP contribution is -2.39. The van der Waals surface area contributed by atoms with Gasteiger partial charge in [0.2, 0.25) is 5.91 Å². The fourth-order valence-corrected chi connectivity index (χ4v) is 2.43. The molecule has 5 nitrogen and oxygen atoms in total. The highest BCUT2D eigenvalue weighted by Crippen LogP contribution is 2.13. The second kappa shape index (κ2) is 13.8. The zero-order valence-electron chi connectivity index (χ0n) is 16.8. The van der Waals surface area contributed by atoms with Gasteiger partial charge in [0.15, 0.2) is 5.96 Å². The average Bonchev–Trinajstić information content (AvgIpc) is 2.64. The molecule has 1 atom stereocenters. The normalized spacial score (nSPS) is 12.3. The predicted octanol–water partition coefficient (Wildman–Crippen LogP) is 4.39. The van der Waals surface area contributed by atoms with Crippen LogP contribution in [0.15, 0.2) is 29.3 Å². The quantitative estimate of drug-likeness (QED) is 0.283. The monoisotopic (exact) mass is 474 g/mol. The summed E-state index contributed by atoms with van der Waals surface area (Å²) in [5, 5.41) is 9.69. The van der Waals surface area contributed by atoms with Crippen molar-refractivity contribution in [3.63, 3.8) is 0 Å². The van der Waals surface area contributed by atoms with E-state index in [0.717, 1.165) is 30.2 Å². The van der Waals surface area contributed by atoms with Gasteiger partial charge in [-0.05, 0) is 30.0 Å². The van der Waals surface area contributed by atoms with E-state index in [2.05, 4.69) is 34.8 Å². The number of carbonyl (C=O) groups excluding carboxylic acids is 1. The molecule has 0 aliphatic rings. The molecule has 0 saturated carbocycles. The molecule has 148 valence electrons. The number of amides is 1. The first-order chi connectivity index (χ1) is 12.0. The Morgan fingerprint density at radius 1 is 1.12 bits per heavy atom. The number of guanidine groups is 1. The molecule has 1 rings (SSSR count). The Labute approximate surface area is 175 Å². The number of benzene rings is 1. The van der Waals surface area contributed by atoms with Crippen molar-refractivity contribution in [2.45, 2.75) is 53.5 Å². The maximum atomic E-state index is 12.0. The van der Waals surface area contributed by atoms with Crippen LogP contribution in [0.2, 0.25) is 0 Å². The Bertz CT molecular complexity index is 558. The first-order valence-electron chi connectivity index (χ1n) is 9.38. The van der Waals surface area contributed by atoms with Gasteiger partial charge in [-0.25, -0.2) is 0 Å². The van der Waals surface area contributed by atoms with Gasteiger partial charge in [0.1, 0.15) is 0 Å². The zero-order chi connectivity index (χ0) is 18.7. The third kappa shape index (κ3) is 8.87. The summed E-state index contributed by atoms with van der Waals surface area (Å²) in [5.41, 5.74) is 1.94. The SMILES string of the molecule is CCC(CC)CNC(=NC)NCc1cccc(NC(=O)C(C)CC)c1.I. The highest BCUT2D eigenvalue weighted by Gasteiger charge is 2.10. The van der Waals surface area contributed by atoms with Gasteiger partial charge in [0.05, 0.1) is 0 Å². The largest absolute Gasteiger partial charge is 0.356 e. The number of hydrogen-bond acceptors (Lipinski definition) is 2. The van der Waals surface area contributed by atoms with Gasteiger partial charge in [0, 0.05) is 31.7 Å². The van der Waals surface area contributed by atoms with E-state index in [9.17, 15) is 4.79 Å². The van der Waals surface area contributed by atoms with E-state index in [4.69, 9.17) is 0 Å². The van der Waals surface area contributed by atoms with Crippen LogP contribution in [0.25, 0.3) is 0 Å². The number of halogens is 1. The molecule has 26 heavy (non-hydrogen) atoms. The molecule has 1 amide bonds. The van der Waals surface area contributed by atoms with E-state index in [1.54, 1.807) is 7.05 Å². The number of hydrogen-bond donors (Lipinski definition) is 3. The number of aliphatic imine (C=N–C) groups is 1. The third-order valence-electron chi connectivity index (χ3n) is 4.65. The smallest absolute Gasteiger partial charge is 0.227 e. The van der Waals surface area contributed by atoms with Crippen LogP contribution in [0.3, 0.4) is 0 Å². The van der Waals surface area contributed by atoms with Crippen LogP contribution in [0.1, 0.15) is 52.5 Å². The first-order valence-corrected chi connectivity index (χ1v) is 9.38. The van der Waals surface area contributed by atoms with E-state index in [1.165, 1.54) is 12.8 Å². The molecule has 0 bridgehead atoms. The molecule has 0 radical (unpaired) electrons. The summed E-state index contributed by atoms with van der Waals surface area (Å²) < 4.78 is 0. The summed E-state index contributed by atoms with van der Waals surface area (Å²) in [6, 6.07) is 7.93. The third-order valence-corrected chi connectivity index (χ3v) is 4.65. The molecule has 1 aromatic rings. The fourth-order valence-electron chi connectivity index (χ4n) is 2.43. The minimum atomic E-state index is 0. The van der Waals surface area contributed by atoms with E-state index in [0.29, 0.717) is 12.5 Å². The topological polar surface area (TPSA) is 65.5 Å². The Kier molecular flexibility index (Phi) is 13.1. The minimum absolute atomic E-state index is 0. The lowest BCUT2D eigenvalue weighted by Gasteiger charge is -2.17. The summed E-state index contributed by atoms with van der Waals surface area (Å²) in [4.78, 5) is 16.3. The molecule has 0 spiro atoms. The van der Waals surface area contributed by atoms with Crippen LogP contribution in [0, 0.1) is 11.8 Å². The van der Waals surface area contributed by atoms with Crippen LogP contribution < -0.4 is 16.0 Å². The predicted molar refractivity (Wildman–Crippen MR) is 122 cm³/mol. The Morgan fingerprint density at radius 3 is 2.38 bits per heavy atom. The second-order valence-electron chi connectivity index (χ2n) is 6.49. The van der Waals surface area contributed by atoms with Gasteiger partial charge in [0.25, 0.3) is 0 Å². The standard InChI is InChI=1S/C20H34N4O.HI/c1-6-15(4)19(25)24-18-11-9-10-17(12-18)14-23-20(21-5)22-13-16(7-2)8-3;/h9-12,15-16H,6-8,13-14H2,1-5H3,(H,24,25)(H2,21,22,23);1H. The van der Waals surface area contributed by atoms with Gasteiger partial charge in [-0.2, -0.15) is 0 Å².